The second-order valence-corrected chi connectivity index (χ2v) is 6.33. The summed E-state index contributed by atoms with van der Waals surface area (Å²) >= 11 is 0. The number of fused-ring (bicyclic) bond motifs is 1. The number of nitrogens with two attached hydrogens (primary N) is 1. The Bertz CT molecular complexity index is 448. The zero-order chi connectivity index (χ0) is 13.9. The summed E-state index contributed by atoms with van der Waals surface area (Å²) in [5.41, 5.74) is 8.02. The second kappa shape index (κ2) is 6.20. The van der Waals surface area contributed by atoms with E-state index in [1.807, 2.05) is 6.20 Å². The Labute approximate surface area is 122 Å². The van der Waals surface area contributed by atoms with Crippen molar-refractivity contribution in [2.75, 3.05) is 26.7 Å². The molecule has 0 saturated carbocycles. The lowest BCUT2D eigenvalue weighted by Gasteiger charge is -2.46. The molecule has 0 amide bonds. The van der Waals surface area contributed by atoms with Crippen LogP contribution in [-0.2, 0) is 13.1 Å². The molecule has 2 atom stereocenters. The van der Waals surface area contributed by atoms with Crippen LogP contribution in [0.15, 0.2) is 18.3 Å². The first-order chi connectivity index (χ1) is 9.76. The summed E-state index contributed by atoms with van der Waals surface area (Å²) in [4.78, 5) is 9.46. The van der Waals surface area contributed by atoms with Gasteiger partial charge in [-0.05, 0) is 63.0 Å². The fourth-order valence-corrected chi connectivity index (χ4v) is 3.87. The molecule has 3 rings (SSSR count). The van der Waals surface area contributed by atoms with E-state index in [4.69, 9.17) is 5.73 Å². The third-order valence-corrected chi connectivity index (χ3v) is 4.93. The number of nitrogens with zero attached hydrogens (tertiary/aromatic N) is 3. The lowest BCUT2D eigenvalue weighted by molar-refractivity contribution is 0.0355. The maximum atomic E-state index is 5.67. The monoisotopic (exact) mass is 274 g/mol. The summed E-state index contributed by atoms with van der Waals surface area (Å²) in [6.45, 7) is 5.32. The molecule has 0 aromatic carbocycles. The molecule has 0 radical (unpaired) electrons. The summed E-state index contributed by atoms with van der Waals surface area (Å²) < 4.78 is 0. The van der Waals surface area contributed by atoms with Gasteiger partial charge in [-0.1, -0.05) is 0 Å². The first-order valence-corrected chi connectivity index (χ1v) is 7.82. The zero-order valence-corrected chi connectivity index (χ0v) is 12.5. The molecule has 20 heavy (non-hydrogen) atoms. The summed E-state index contributed by atoms with van der Waals surface area (Å²) in [6.07, 6.45) is 5.96. The van der Waals surface area contributed by atoms with Gasteiger partial charge >= 0.3 is 0 Å². The van der Waals surface area contributed by atoms with Crippen LogP contribution in [-0.4, -0.2) is 47.5 Å². The highest BCUT2D eigenvalue weighted by Gasteiger charge is 2.33. The first kappa shape index (κ1) is 14.0. The van der Waals surface area contributed by atoms with E-state index in [9.17, 15) is 0 Å². The average Bonchev–Trinajstić information content (AvgIpc) is 2.47. The molecule has 4 heteroatoms. The Balaban J connectivity index is 1.61. The van der Waals surface area contributed by atoms with E-state index in [1.54, 1.807) is 0 Å². The van der Waals surface area contributed by atoms with Crippen molar-refractivity contribution >= 4 is 0 Å². The van der Waals surface area contributed by atoms with Crippen molar-refractivity contribution in [2.24, 2.45) is 11.7 Å². The number of piperidine rings is 2. The van der Waals surface area contributed by atoms with Gasteiger partial charge in [0, 0.05) is 31.9 Å². The van der Waals surface area contributed by atoms with E-state index in [0.717, 1.165) is 24.2 Å². The molecule has 3 heterocycles. The normalized spacial score (nSPS) is 28.3. The predicted octanol–water partition coefficient (Wildman–Crippen LogP) is 1.46. The van der Waals surface area contributed by atoms with Gasteiger partial charge in [0.2, 0.25) is 0 Å². The van der Waals surface area contributed by atoms with Crippen molar-refractivity contribution < 1.29 is 0 Å². The highest BCUT2D eigenvalue weighted by atomic mass is 15.2. The molecule has 4 nitrogen and oxygen atoms in total. The SMILES string of the molecule is CN1CCCC2CN(Cc3ccnc(CN)c3)CCC21. The van der Waals surface area contributed by atoms with Gasteiger partial charge in [-0.3, -0.25) is 9.88 Å². The van der Waals surface area contributed by atoms with Gasteiger partial charge in [-0.2, -0.15) is 0 Å². The summed E-state index contributed by atoms with van der Waals surface area (Å²) in [7, 11) is 2.29. The quantitative estimate of drug-likeness (QED) is 0.906. The van der Waals surface area contributed by atoms with Crippen LogP contribution >= 0.6 is 0 Å². The molecule has 2 aliphatic rings. The van der Waals surface area contributed by atoms with Crippen LogP contribution < -0.4 is 5.73 Å². The standard InChI is InChI=1S/C16H26N4/c1-19-7-2-3-14-12-20(8-5-16(14)19)11-13-4-6-18-15(9-13)10-17/h4,6,9,14,16H,2-3,5,7-8,10-12,17H2,1H3. The number of likely N-dealkylation sites (tertiary alicyclic amines) is 2. The molecule has 0 bridgehead atoms. The molecule has 2 unspecified atom stereocenters. The Hall–Kier alpha value is -0.970. The highest BCUT2D eigenvalue weighted by molar-refractivity contribution is 5.16. The van der Waals surface area contributed by atoms with Gasteiger partial charge in [-0.25, -0.2) is 0 Å². The van der Waals surface area contributed by atoms with Gasteiger partial charge < -0.3 is 10.6 Å². The highest BCUT2D eigenvalue weighted by Crippen LogP contribution is 2.30. The molecule has 1 aromatic heterocycles. The Morgan fingerprint density at radius 2 is 2.25 bits per heavy atom. The van der Waals surface area contributed by atoms with Gasteiger partial charge in [0.25, 0.3) is 0 Å². The molecule has 0 spiro atoms. The fourth-order valence-electron chi connectivity index (χ4n) is 3.87. The fraction of sp³-hybridized carbons (Fsp3) is 0.688. The number of pyridine rings is 1. The molecule has 2 N–H and O–H groups in total. The van der Waals surface area contributed by atoms with Crippen molar-refractivity contribution in [3.63, 3.8) is 0 Å². The van der Waals surface area contributed by atoms with Gasteiger partial charge in [0.1, 0.15) is 0 Å². The largest absolute Gasteiger partial charge is 0.325 e. The van der Waals surface area contributed by atoms with Crippen LogP contribution in [0.25, 0.3) is 0 Å². The lowest BCUT2D eigenvalue weighted by Crippen LogP contribution is -2.52. The maximum absolute atomic E-state index is 5.67. The van der Waals surface area contributed by atoms with Crippen LogP contribution in [0.1, 0.15) is 30.5 Å². The third-order valence-electron chi connectivity index (χ3n) is 4.93. The van der Waals surface area contributed by atoms with Crippen LogP contribution in [0.3, 0.4) is 0 Å². The molecule has 110 valence electrons. The van der Waals surface area contributed by atoms with Crippen LogP contribution in [0.5, 0.6) is 0 Å². The smallest absolute Gasteiger partial charge is 0.0542 e. The maximum Gasteiger partial charge on any atom is 0.0542 e. The second-order valence-electron chi connectivity index (χ2n) is 6.33. The van der Waals surface area contributed by atoms with Crippen molar-refractivity contribution in [2.45, 2.75) is 38.4 Å². The minimum atomic E-state index is 0.531. The van der Waals surface area contributed by atoms with E-state index >= 15 is 0 Å². The Kier molecular flexibility index (Phi) is 4.34. The van der Waals surface area contributed by atoms with E-state index in [1.165, 1.54) is 44.5 Å². The first-order valence-electron chi connectivity index (χ1n) is 7.82. The topological polar surface area (TPSA) is 45.4 Å². The average molecular weight is 274 g/mol. The molecule has 2 fully saturated rings. The minimum absolute atomic E-state index is 0.531. The molecular weight excluding hydrogens is 248 g/mol. The number of hydrogen-bond acceptors (Lipinski definition) is 4. The van der Waals surface area contributed by atoms with Crippen LogP contribution in [0, 0.1) is 5.92 Å². The van der Waals surface area contributed by atoms with Crippen LogP contribution in [0.2, 0.25) is 0 Å². The Morgan fingerprint density at radius 1 is 1.35 bits per heavy atom. The van der Waals surface area contributed by atoms with Crippen molar-refractivity contribution in [3.05, 3.63) is 29.6 Å². The summed E-state index contributed by atoms with van der Waals surface area (Å²) in [5.74, 6) is 0.860. The number of rotatable bonds is 3. The Morgan fingerprint density at radius 3 is 3.10 bits per heavy atom. The van der Waals surface area contributed by atoms with Gasteiger partial charge in [0.05, 0.1) is 5.69 Å². The van der Waals surface area contributed by atoms with E-state index < -0.39 is 0 Å². The van der Waals surface area contributed by atoms with Crippen molar-refractivity contribution in [3.8, 4) is 0 Å². The van der Waals surface area contributed by atoms with E-state index in [-0.39, 0.29) is 0 Å². The van der Waals surface area contributed by atoms with Crippen molar-refractivity contribution in [1.29, 1.82) is 0 Å². The molecule has 2 aliphatic heterocycles. The lowest BCUT2D eigenvalue weighted by atomic mass is 9.84. The van der Waals surface area contributed by atoms with Gasteiger partial charge in [0.15, 0.2) is 0 Å². The zero-order valence-electron chi connectivity index (χ0n) is 12.5. The molecule has 0 aliphatic carbocycles. The molecule has 2 saturated heterocycles. The minimum Gasteiger partial charge on any atom is -0.325 e. The van der Waals surface area contributed by atoms with Crippen LogP contribution in [0.4, 0.5) is 0 Å². The third kappa shape index (κ3) is 3.03. The number of hydrogen-bond donors (Lipinski definition) is 1. The van der Waals surface area contributed by atoms with E-state index in [0.29, 0.717) is 6.54 Å². The molecule has 1 aromatic rings. The van der Waals surface area contributed by atoms with Gasteiger partial charge in [-0.15, -0.1) is 0 Å². The summed E-state index contributed by atoms with van der Waals surface area (Å²) in [6, 6.07) is 5.09. The van der Waals surface area contributed by atoms with E-state index in [2.05, 4.69) is 34.0 Å². The number of aromatic nitrogens is 1. The molecular formula is C16H26N4. The van der Waals surface area contributed by atoms with Crippen molar-refractivity contribution in [1.82, 2.24) is 14.8 Å². The summed E-state index contributed by atoms with van der Waals surface area (Å²) in [5, 5.41) is 0. The predicted molar refractivity (Wildman–Crippen MR) is 81.2 cm³/mol.